The van der Waals surface area contributed by atoms with Crippen LogP contribution in [0.4, 0.5) is 5.69 Å². The molecule has 1 fully saturated rings. The van der Waals surface area contributed by atoms with Gasteiger partial charge >= 0.3 is 0 Å². The topological polar surface area (TPSA) is 130 Å². The molecule has 31 heavy (non-hydrogen) atoms. The Hall–Kier alpha value is -4.30. The molecular formula is C23H18N8. The van der Waals surface area contributed by atoms with Crippen molar-refractivity contribution in [1.29, 1.82) is 10.5 Å². The summed E-state index contributed by atoms with van der Waals surface area (Å²) >= 11 is 0. The first-order valence-electron chi connectivity index (χ1n) is 9.92. The van der Waals surface area contributed by atoms with Gasteiger partial charge in [-0.25, -0.2) is 0 Å². The maximum absolute atomic E-state index is 9.31. The molecule has 0 spiro atoms. The Balaban J connectivity index is 1.62. The molecule has 1 saturated carbocycles. The van der Waals surface area contributed by atoms with E-state index in [-0.39, 0.29) is 12.3 Å². The van der Waals surface area contributed by atoms with Crippen molar-refractivity contribution >= 4 is 16.6 Å². The molecule has 3 aromatic heterocycles. The second-order valence-corrected chi connectivity index (χ2v) is 7.88. The molecule has 0 bridgehead atoms. The predicted octanol–water partition coefficient (Wildman–Crippen LogP) is 3.68. The van der Waals surface area contributed by atoms with Crippen LogP contribution in [0.1, 0.15) is 19.3 Å². The monoisotopic (exact) mass is 406 g/mol. The molecule has 150 valence electrons. The SMILES string of the molecule is N#CC[C@]1(n2ncc(-c3cc(-c4ccc(N)cn4)cc4ncccc34)n2)C[C@@H](C#N)C1. The lowest BCUT2D eigenvalue weighted by Crippen LogP contribution is -2.47. The highest BCUT2D eigenvalue weighted by molar-refractivity contribution is 5.96. The zero-order valence-corrected chi connectivity index (χ0v) is 16.6. The number of nitrogen functional groups attached to an aromatic ring is 1. The van der Waals surface area contributed by atoms with E-state index in [1.54, 1.807) is 23.4 Å². The van der Waals surface area contributed by atoms with Gasteiger partial charge in [0.05, 0.1) is 59.3 Å². The van der Waals surface area contributed by atoms with Crippen molar-refractivity contribution in [3.63, 3.8) is 0 Å². The number of pyridine rings is 2. The summed E-state index contributed by atoms with van der Waals surface area (Å²) in [6, 6.07) is 16.1. The first kappa shape index (κ1) is 18.7. The quantitative estimate of drug-likeness (QED) is 0.547. The lowest BCUT2D eigenvalue weighted by Gasteiger charge is -2.42. The molecule has 0 saturated heterocycles. The molecule has 0 atom stereocenters. The number of benzene rings is 1. The van der Waals surface area contributed by atoms with Gasteiger partial charge in [0, 0.05) is 22.7 Å². The molecular weight excluding hydrogens is 388 g/mol. The Bertz CT molecular complexity index is 1350. The number of hydrogen-bond acceptors (Lipinski definition) is 7. The summed E-state index contributed by atoms with van der Waals surface area (Å²) in [5.74, 6) is -0.0623. The van der Waals surface area contributed by atoms with Gasteiger partial charge in [-0.05, 0) is 43.2 Å². The van der Waals surface area contributed by atoms with Crippen molar-refractivity contribution in [1.82, 2.24) is 25.0 Å². The number of aromatic nitrogens is 5. The highest BCUT2D eigenvalue weighted by atomic mass is 15.5. The lowest BCUT2D eigenvalue weighted by atomic mass is 9.68. The third-order valence-electron chi connectivity index (χ3n) is 5.84. The Morgan fingerprint density at radius 1 is 1.10 bits per heavy atom. The smallest absolute Gasteiger partial charge is 0.113 e. The van der Waals surface area contributed by atoms with Crippen LogP contribution in [0, 0.1) is 28.6 Å². The standard InChI is InChI=1S/C23H18N8/c24-6-5-23(10-15(11-23)12-25)31-29-14-22(30-31)19-8-16(20-4-3-17(26)13-28-20)9-21-18(19)2-1-7-27-21/h1-4,7-9,13-15H,5,10-11,26H2/t15-,23+. The number of anilines is 1. The maximum Gasteiger partial charge on any atom is 0.113 e. The summed E-state index contributed by atoms with van der Waals surface area (Å²) in [6.45, 7) is 0. The highest BCUT2D eigenvalue weighted by Gasteiger charge is 2.48. The van der Waals surface area contributed by atoms with E-state index in [1.807, 2.05) is 36.4 Å². The molecule has 4 aromatic rings. The molecule has 1 aromatic carbocycles. The van der Waals surface area contributed by atoms with Crippen LogP contribution in [-0.4, -0.2) is 25.0 Å². The molecule has 0 amide bonds. The van der Waals surface area contributed by atoms with Gasteiger partial charge in [-0.3, -0.25) is 9.97 Å². The predicted molar refractivity (Wildman–Crippen MR) is 115 cm³/mol. The Morgan fingerprint density at radius 3 is 2.71 bits per heavy atom. The molecule has 8 nitrogen and oxygen atoms in total. The van der Waals surface area contributed by atoms with Crippen LogP contribution in [0.2, 0.25) is 0 Å². The van der Waals surface area contributed by atoms with Crippen LogP contribution < -0.4 is 5.73 Å². The van der Waals surface area contributed by atoms with Gasteiger partial charge in [-0.2, -0.15) is 25.5 Å². The van der Waals surface area contributed by atoms with Crippen molar-refractivity contribution in [2.24, 2.45) is 5.92 Å². The summed E-state index contributed by atoms with van der Waals surface area (Å²) in [4.78, 5) is 10.6. The van der Waals surface area contributed by atoms with Gasteiger partial charge in [0.2, 0.25) is 0 Å². The molecule has 0 unspecified atom stereocenters. The number of hydrogen-bond donors (Lipinski definition) is 1. The summed E-state index contributed by atoms with van der Waals surface area (Å²) in [5, 5.41) is 28.7. The lowest BCUT2D eigenvalue weighted by molar-refractivity contribution is 0.0713. The highest BCUT2D eigenvalue weighted by Crippen LogP contribution is 2.45. The van der Waals surface area contributed by atoms with Crippen LogP contribution in [-0.2, 0) is 5.54 Å². The fraction of sp³-hybridized carbons (Fsp3) is 0.217. The molecule has 1 aliphatic carbocycles. The van der Waals surface area contributed by atoms with Crippen LogP contribution in [0.25, 0.3) is 33.4 Å². The maximum atomic E-state index is 9.31. The van der Waals surface area contributed by atoms with Crippen LogP contribution in [0.3, 0.4) is 0 Å². The Kier molecular flexibility index (Phi) is 4.34. The third kappa shape index (κ3) is 3.15. The van der Waals surface area contributed by atoms with Gasteiger partial charge < -0.3 is 5.73 Å². The summed E-state index contributed by atoms with van der Waals surface area (Å²) < 4.78 is 0. The van der Waals surface area contributed by atoms with Gasteiger partial charge in [0.25, 0.3) is 0 Å². The molecule has 3 heterocycles. The van der Waals surface area contributed by atoms with Crippen molar-refractivity contribution in [3.8, 4) is 34.7 Å². The zero-order valence-electron chi connectivity index (χ0n) is 16.6. The first-order valence-corrected chi connectivity index (χ1v) is 9.92. The van der Waals surface area contributed by atoms with Crippen molar-refractivity contribution < 1.29 is 0 Å². The minimum Gasteiger partial charge on any atom is -0.397 e. The molecule has 8 heteroatoms. The fourth-order valence-corrected chi connectivity index (χ4v) is 4.21. The molecule has 5 rings (SSSR count). The van der Waals surface area contributed by atoms with E-state index in [9.17, 15) is 10.5 Å². The number of nitrogens with two attached hydrogens (primary N) is 1. The van der Waals surface area contributed by atoms with Crippen LogP contribution >= 0.6 is 0 Å². The largest absolute Gasteiger partial charge is 0.397 e. The van der Waals surface area contributed by atoms with Crippen LogP contribution in [0.5, 0.6) is 0 Å². The van der Waals surface area contributed by atoms with Gasteiger partial charge in [-0.15, -0.1) is 0 Å². The molecule has 0 radical (unpaired) electrons. The van der Waals surface area contributed by atoms with E-state index in [4.69, 9.17) is 10.8 Å². The molecule has 0 aliphatic heterocycles. The summed E-state index contributed by atoms with van der Waals surface area (Å²) in [7, 11) is 0. The fourth-order valence-electron chi connectivity index (χ4n) is 4.21. The number of nitrogens with zero attached hydrogens (tertiary/aromatic N) is 7. The van der Waals surface area contributed by atoms with Gasteiger partial charge in [0.1, 0.15) is 5.69 Å². The first-order chi connectivity index (χ1) is 15.1. The van der Waals surface area contributed by atoms with E-state index in [2.05, 4.69) is 27.2 Å². The average molecular weight is 406 g/mol. The number of rotatable bonds is 4. The average Bonchev–Trinajstić information content (AvgIpc) is 3.26. The minimum absolute atomic E-state index is 0.0623. The second kappa shape index (κ2) is 7.19. The second-order valence-electron chi connectivity index (χ2n) is 7.88. The van der Waals surface area contributed by atoms with Crippen LogP contribution in [0.15, 0.2) is 55.0 Å². The van der Waals surface area contributed by atoms with Crippen molar-refractivity contribution in [2.75, 3.05) is 5.73 Å². The van der Waals surface area contributed by atoms with E-state index < -0.39 is 5.54 Å². The van der Waals surface area contributed by atoms with E-state index in [0.29, 0.717) is 24.2 Å². The molecule has 2 N–H and O–H groups in total. The Morgan fingerprint density at radius 2 is 1.97 bits per heavy atom. The van der Waals surface area contributed by atoms with Crippen molar-refractivity contribution in [2.45, 2.75) is 24.8 Å². The third-order valence-corrected chi connectivity index (χ3v) is 5.84. The van der Waals surface area contributed by atoms with Gasteiger partial charge in [-0.1, -0.05) is 6.07 Å². The van der Waals surface area contributed by atoms with Gasteiger partial charge in [0.15, 0.2) is 0 Å². The van der Waals surface area contributed by atoms with E-state index in [1.165, 1.54) is 0 Å². The Labute approximate surface area is 178 Å². The summed E-state index contributed by atoms with van der Waals surface area (Å²) in [6.07, 6.45) is 6.53. The number of nitriles is 2. The zero-order chi connectivity index (χ0) is 21.4. The minimum atomic E-state index is -0.516. The molecule has 1 aliphatic rings. The van der Waals surface area contributed by atoms with E-state index in [0.717, 1.165) is 27.7 Å². The van der Waals surface area contributed by atoms with E-state index >= 15 is 0 Å². The van der Waals surface area contributed by atoms with Crippen molar-refractivity contribution in [3.05, 3.63) is 55.0 Å². The normalized spacial score (nSPS) is 20.0. The summed E-state index contributed by atoms with van der Waals surface area (Å²) in [5.41, 5.74) is 9.95. The number of fused-ring (bicyclic) bond motifs is 1.